The van der Waals surface area contributed by atoms with Gasteiger partial charge in [0.25, 0.3) is 0 Å². The third-order valence-corrected chi connectivity index (χ3v) is 17.0. The first-order valence-corrected chi connectivity index (χ1v) is 37.2. The summed E-state index contributed by atoms with van der Waals surface area (Å²) in [5.41, 5.74) is 0. The monoisotopic (exact) mass is 1250 g/mol. The number of phosphoric ester groups is 2. The molecular formula is C66H128O17P2. The Morgan fingerprint density at radius 3 is 0.729 bits per heavy atom. The molecule has 2 unspecified atom stereocenters. The van der Waals surface area contributed by atoms with Crippen LogP contribution in [0.5, 0.6) is 0 Å². The van der Waals surface area contributed by atoms with Crippen molar-refractivity contribution in [3.63, 3.8) is 0 Å². The number of ether oxygens (including phenoxy) is 4. The van der Waals surface area contributed by atoms with Crippen LogP contribution in [0, 0.1) is 23.7 Å². The van der Waals surface area contributed by atoms with Crippen molar-refractivity contribution in [1.29, 1.82) is 0 Å². The molecule has 0 rings (SSSR count). The number of phosphoric acid groups is 2. The van der Waals surface area contributed by atoms with E-state index < -0.39 is 97.5 Å². The molecule has 0 bridgehead atoms. The van der Waals surface area contributed by atoms with Crippen LogP contribution in [0.15, 0.2) is 0 Å². The largest absolute Gasteiger partial charge is 0.472 e. The van der Waals surface area contributed by atoms with E-state index in [1.807, 2.05) is 0 Å². The zero-order chi connectivity index (χ0) is 63.2. The fourth-order valence-electron chi connectivity index (χ4n) is 9.78. The molecule has 19 heteroatoms. The van der Waals surface area contributed by atoms with Gasteiger partial charge < -0.3 is 33.8 Å². The summed E-state index contributed by atoms with van der Waals surface area (Å²) in [6.45, 7) is 13.9. The van der Waals surface area contributed by atoms with Crippen molar-refractivity contribution in [1.82, 2.24) is 0 Å². The summed E-state index contributed by atoms with van der Waals surface area (Å²) in [4.78, 5) is 72.2. The van der Waals surface area contributed by atoms with Gasteiger partial charge in [0.1, 0.15) is 19.3 Å². The van der Waals surface area contributed by atoms with Crippen LogP contribution in [-0.4, -0.2) is 96.7 Å². The molecule has 0 fully saturated rings. The van der Waals surface area contributed by atoms with E-state index in [-0.39, 0.29) is 25.7 Å². The highest BCUT2D eigenvalue weighted by Gasteiger charge is 2.30. The first-order valence-electron chi connectivity index (χ1n) is 34.2. The Bertz CT molecular complexity index is 1700. The minimum absolute atomic E-state index is 0.101. The van der Waals surface area contributed by atoms with Gasteiger partial charge in [-0.1, -0.05) is 267 Å². The summed E-state index contributed by atoms with van der Waals surface area (Å²) in [5.74, 6) is 0.716. The van der Waals surface area contributed by atoms with Gasteiger partial charge in [-0.3, -0.25) is 37.3 Å². The van der Waals surface area contributed by atoms with E-state index in [4.69, 9.17) is 37.0 Å². The lowest BCUT2D eigenvalue weighted by atomic mass is 10.0. The third-order valence-electron chi connectivity index (χ3n) is 15.1. The molecule has 0 aliphatic rings. The lowest BCUT2D eigenvalue weighted by molar-refractivity contribution is -0.161. The minimum atomic E-state index is -4.95. The second-order valence-electron chi connectivity index (χ2n) is 25.8. The summed E-state index contributed by atoms with van der Waals surface area (Å²) in [6, 6.07) is 0. The van der Waals surface area contributed by atoms with Crippen LogP contribution in [0.3, 0.4) is 0 Å². The van der Waals surface area contributed by atoms with Gasteiger partial charge >= 0.3 is 39.5 Å². The van der Waals surface area contributed by atoms with E-state index in [1.54, 1.807) is 0 Å². The van der Waals surface area contributed by atoms with Crippen LogP contribution in [0.2, 0.25) is 0 Å². The first kappa shape index (κ1) is 83.1. The van der Waals surface area contributed by atoms with Crippen LogP contribution >= 0.6 is 15.6 Å². The molecule has 0 aliphatic carbocycles. The van der Waals surface area contributed by atoms with Crippen molar-refractivity contribution >= 4 is 39.5 Å². The highest BCUT2D eigenvalue weighted by Crippen LogP contribution is 2.45. The number of carbonyl (C=O) groups is 4. The molecule has 0 aromatic heterocycles. The van der Waals surface area contributed by atoms with Gasteiger partial charge in [-0.05, 0) is 49.4 Å². The average Bonchev–Trinajstić information content (AvgIpc) is 3.55. The summed E-state index contributed by atoms with van der Waals surface area (Å²) in [5, 5.41) is 10.5. The topological polar surface area (TPSA) is 237 Å². The predicted molar refractivity (Wildman–Crippen MR) is 340 cm³/mol. The molecule has 0 saturated heterocycles. The lowest BCUT2D eigenvalue weighted by Crippen LogP contribution is -2.30. The highest BCUT2D eigenvalue weighted by atomic mass is 31.2. The first-order chi connectivity index (χ1) is 40.6. The van der Waals surface area contributed by atoms with Crippen LogP contribution in [-0.2, 0) is 65.4 Å². The molecule has 3 N–H and O–H groups in total. The minimum Gasteiger partial charge on any atom is -0.462 e. The number of rotatable bonds is 63. The van der Waals surface area contributed by atoms with Gasteiger partial charge in [0.15, 0.2) is 12.2 Å². The van der Waals surface area contributed by atoms with Gasteiger partial charge in [0.2, 0.25) is 0 Å². The normalized spacial score (nSPS) is 14.4. The summed E-state index contributed by atoms with van der Waals surface area (Å²) in [6.07, 6.45) is 36.6. The number of esters is 4. The maximum absolute atomic E-state index is 13.0. The van der Waals surface area contributed by atoms with E-state index in [9.17, 15) is 43.2 Å². The van der Waals surface area contributed by atoms with Crippen molar-refractivity contribution in [2.75, 3.05) is 39.6 Å². The number of hydrogen-bond donors (Lipinski definition) is 3. The molecule has 85 heavy (non-hydrogen) atoms. The predicted octanol–water partition coefficient (Wildman–Crippen LogP) is 18.1. The molecule has 5 atom stereocenters. The van der Waals surface area contributed by atoms with Gasteiger partial charge in [0, 0.05) is 25.7 Å². The second kappa shape index (κ2) is 56.1. The molecule has 0 saturated carbocycles. The Labute approximate surface area is 517 Å². The molecule has 17 nitrogen and oxygen atoms in total. The quantitative estimate of drug-likeness (QED) is 0.0222. The Morgan fingerprint density at radius 1 is 0.294 bits per heavy atom. The highest BCUT2D eigenvalue weighted by molar-refractivity contribution is 7.47. The third kappa shape index (κ3) is 60.7. The molecule has 0 aromatic carbocycles. The maximum Gasteiger partial charge on any atom is 0.472 e. The molecule has 0 amide bonds. The molecule has 0 heterocycles. The fraction of sp³-hybridized carbons (Fsp3) is 0.939. The Balaban J connectivity index is 5.19. The summed E-state index contributed by atoms with van der Waals surface area (Å²) < 4.78 is 68.0. The summed E-state index contributed by atoms with van der Waals surface area (Å²) >= 11 is 0. The standard InChI is InChI=1S/C66H128O17P2/c1-56(2)42-34-26-18-14-12-10-9-11-13-15-20-30-38-46-63(68)76-52-62(83-66(71)49-41-33-25-23-29-37-45-59(7)8)55-81-85(74,75)79-51-60(67)50-78-84(72,73)80-54-61(53-77-64(69)47-39-31-24-22-28-36-44-58(5)6)82-65(70)48-40-32-21-17-16-19-27-35-43-57(3)4/h56-62,67H,9-55H2,1-8H3,(H,72,73)(H,74,75)/t60-,61+,62+/m0/s1. The van der Waals surface area contributed by atoms with Gasteiger partial charge in [-0.2, -0.15) is 0 Å². The zero-order valence-corrected chi connectivity index (χ0v) is 57.0. The maximum atomic E-state index is 13.0. The van der Waals surface area contributed by atoms with Crippen LogP contribution in [0.25, 0.3) is 0 Å². The van der Waals surface area contributed by atoms with E-state index in [1.165, 1.54) is 116 Å². The van der Waals surface area contributed by atoms with E-state index in [0.29, 0.717) is 37.5 Å². The smallest absolute Gasteiger partial charge is 0.462 e. The number of aliphatic hydroxyl groups excluding tert-OH is 1. The Kier molecular flexibility index (Phi) is 54.8. The lowest BCUT2D eigenvalue weighted by Gasteiger charge is -2.21. The Hall–Kier alpha value is -1.94. The molecule has 0 spiro atoms. The van der Waals surface area contributed by atoms with Crippen LogP contribution in [0.1, 0.15) is 319 Å². The van der Waals surface area contributed by atoms with Crippen LogP contribution in [0.4, 0.5) is 0 Å². The zero-order valence-electron chi connectivity index (χ0n) is 55.2. The SMILES string of the molecule is CC(C)CCCCCCCCCCCCCCCC(=O)OC[C@H](COP(=O)(O)OC[C@@H](O)COP(=O)(O)OC[C@@H](COC(=O)CCCCCCCCC(C)C)OC(=O)CCCCCCCCCCC(C)C)OC(=O)CCCCCCCCC(C)C. The van der Waals surface area contributed by atoms with E-state index >= 15 is 0 Å². The molecule has 0 aliphatic heterocycles. The summed E-state index contributed by atoms with van der Waals surface area (Å²) in [7, 11) is -9.89. The van der Waals surface area contributed by atoms with Crippen LogP contribution < -0.4 is 0 Å². The van der Waals surface area contributed by atoms with Crippen molar-refractivity contribution in [3.05, 3.63) is 0 Å². The number of hydrogen-bond acceptors (Lipinski definition) is 15. The number of unbranched alkanes of at least 4 members (excludes halogenated alkanes) is 29. The van der Waals surface area contributed by atoms with Crippen molar-refractivity contribution < 1.29 is 80.2 Å². The van der Waals surface area contributed by atoms with Crippen molar-refractivity contribution in [2.24, 2.45) is 23.7 Å². The van der Waals surface area contributed by atoms with Crippen molar-refractivity contribution in [2.45, 2.75) is 337 Å². The molecule has 0 radical (unpaired) electrons. The molecule has 504 valence electrons. The van der Waals surface area contributed by atoms with E-state index in [2.05, 4.69) is 55.4 Å². The molecular weight excluding hydrogens is 1130 g/mol. The van der Waals surface area contributed by atoms with Crippen molar-refractivity contribution in [3.8, 4) is 0 Å². The van der Waals surface area contributed by atoms with E-state index in [0.717, 1.165) is 108 Å². The number of aliphatic hydroxyl groups is 1. The van der Waals surface area contributed by atoms with Gasteiger partial charge in [-0.15, -0.1) is 0 Å². The average molecular weight is 1260 g/mol. The van der Waals surface area contributed by atoms with Gasteiger partial charge in [-0.25, -0.2) is 9.13 Å². The molecule has 0 aromatic rings. The number of carbonyl (C=O) groups excluding carboxylic acids is 4. The fourth-order valence-corrected chi connectivity index (χ4v) is 11.4. The van der Waals surface area contributed by atoms with Gasteiger partial charge in [0.05, 0.1) is 26.4 Å². The Morgan fingerprint density at radius 2 is 0.494 bits per heavy atom. The second-order valence-corrected chi connectivity index (χ2v) is 28.7.